The van der Waals surface area contributed by atoms with E-state index in [9.17, 15) is 9.90 Å². The second kappa shape index (κ2) is 8.93. The molecule has 28 heavy (non-hydrogen) atoms. The molecule has 2 heterocycles. The van der Waals surface area contributed by atoms with Gasteiger partial charge < -0.3 is 19.3 Å². The van der Waals surface area contributed by atoms with Gasteiger partial charge >= 0.3 is 5.97 Å². The minimum atomic E-state index is -0.721. The number of hydrogen-bond acceptors (Lipinski definition) is 6. The average molecular weight is 386 g/mol. The predicted molar refractivity (Wildman–Crippen MR) is 104 cm³/mol. The van der Waals surface area contributed by atoms with Gasteiger partial charge in [0.2, 0.25) is 5.75 Å². The minimum absolute atomic E-state index is 0.135. The SMILES string of the molecule is COc1cc(C(c2ccccn2)N2CCC(C(=O)O)CC2)cc(OC)c1OC. The number of carboxylic acids is 1. The van der Waals surface area contributed by atoms with Gasteiger partial charge in [-0.15, -0.1) is 0 Å². The van der Waals surface area contributed by atoms with E-state index in [1.165, 1.54) is 0 Å². The van der Waals surface area contributed by atoms with Crippen LogP contribution in [0.1, 0.15) is 30.1 Å². The fraction of sp³-hybridized carbons (Fsp3) is 0.429. The lowest BCUT2D eigenvalue weighted by Crippen LogP contribution is -2.39. The lowest BCUT2D eigenvalue weighted by molar-refractivity contribution is -0.143. The average Bonchev–Trinajstić information content (AvgIpc) is 2.74. The highest BCUT2D eigenvalue weighted by Gasteiger charge is 2.32. The number of nitrogens with zero attached hydrogens (tertiary/aromatic N) is 2. The number of methoxy groups -OCH3 is 3. The summed E-state index contributed by atoms with van der Waals surface area (Å²) in [4.78, 5) is 18.2. The smallest absolute Gasteiger partial charge is 0.306 e. The van der Waals surface area contributed by atoms with Crippen LogP contribution in [0.4, 0.5) is 0 Å². The highest BCUT2D eigenvalue weighted by molar-refractivity contribution is 5.70. The van der Waals surface area contributed by atoms with E-state index in [4.69, 9.17) is 14.2 Å². The molecule has 7 nitrogen and oxygen atoms in total. The molecule has 1 N–H and O–H groups in total. The number of aliphatic carboxylic acids is 1. The third kappa shape index (κ3) is 4.04. The third-order valence-electron chi connectivity index (χ3n) is 5.21. The molecular formula is C21H26N2O5. The summed E-state index contributed by atoms with van der Waals surface area (Å²) in [6.45, 7) is 1.35. The zero-order valence-corrected chi connectivity index (χ0v) is 16.4. The fourth-order valence-corrected chi connectivity index (χ4v) is 3.77. The van der Waals surface area contributed by atoms with Crippen molar-refractivity contribution in [3.63, 3.8) is 0 Å². The summed E-state index contributed by atoms with van der Waals surface area (Å²) in [5, 5.41) is 9.31. The molecule has 150 valence electrons. The Morgan fingerprint density at radius 3 is 2.21 bits per heavy atom. The number of pyridine rings is 1. The van der Waals surface area contributed by atoms with Crippen LogP contribution < -0.4 is 14.2 Å². The Bertz CT molecular complexity index is 779. The van der Waals surface area contributed by atoms with Crippen molar-refractivity contribution in [3.05, 3.63) is 47.8 Å². The molecule has 0 saturated carbocycles. The van der Waals surface area contributed by atoms with Crippen molar-refractivity contribution in [1.29, 1.82) is 0 Å². The number of aromatic nitrogens is 1. The van der Waals surface area contributed by atoms with E-state index < -0.39 is 5.97 Å². The highest BCUT2D eigenvalue weighted by atomic mass is 16.5. The number of benzene rings is 1. The van der Waals surface area contributed by atoms with Gasteiger partial charge in [-0.2, -0.15) is 0 Å². The van der Waals surface area contributed by atoms with E-state index in [1.54, 1.807) is 27.5 Å². The van der Waals surface area contributed by atoms with Crippen LogP contribution in [0.5, 0.6) is 17.2 Å². The summed E-state index contributed by atoms with van der Waals surface area (Å²) in [7, 11) is 4.76. The van der Waals surface area contributed by atoms with Crippen LogP contribution >= 0.6 is 0 Å². The second-order valence-electron chi connectivity index (χ2n) is 6.76. The van der Waals surface area contributed by atoms with E-state index >= 15 is 0 Å². The van der Waals surface area contributed by atoms with Crippen molar-refractivity contribution in [2.24, 2.45) is 5.92 Å². The number of piperidine rings is 1. The molecule has 0 radical (unpaired) electrons. The molecule has 2 aromatic rings. The lowest BCUT2D eigenvalue weighted by Gasteiger charge is -2.36. The van der Waals surface area contributed by atoms with Gasteiger partial charge in [0.25, 0.3) is 0 Å². The van der Waals surface area contributed by atoms with Crippen molar-refractivity contribution in [2.75, 3.05) is 34.4 Å². The first-order valence-corrected chi connectivity index (χ1v) is 9.26. The molecule has 1 fully saturated rings. The minimum Gasteiger partial charge on any atom is -0.493 e. The van der Waals surface area contributed by atoms with Crippen molar-refractivity contribution < 1.29 is 24.1 Å². The Kier molecular flexibility index (Phi) is 6.36. The Labute approximate surface area is 164 Å². The first kappa shape index (κ1) is 19.9. The van der Waals surface area contributed by atoms with Crippen LogP contribution in [0.25, 0.3) is 0 Å². The van der Waals surface area contributed by atoms with E-state index in [0.717, 1.165) is 11.3 Å². The summed E-state index contributed by atoms with van der Waals surface area (Å²) in [5.41, 5.74) is 1.85. The number of ether oxygens (including phenoxy) is 3. The Morgan fingerprint density at radius 2 is 1.75 bits per heavy atom. The quantitative estimate of drug-likeness (QED) is 0.783. The molecule has 0 bridgehead atoms. The van der Waals surface area contributed by atoms with Crippen LogP contribution in [-0.2, 0) is 4.79 Å². The first-order chi connectivity index (χ1) is 13.6. The van der Waals surface area contributed by atoms with Crippen molar-refractivity contribution in [3.8, 4) is 17.2 Å². The Morgan fingerprint density at radius 1 is 1.11 bits per heavy atom. The maximum absolute atomic E-state index is 11.3. The molecule has 1 aliphatic rings. The zero-order valence-electron chi connectivity index (χ0n) is 16.4. The van der Waals surface area contributed by atoms with Gasteiger partial charge in [0.05, 0.1) is 39.0 Å². The van der Waals surface area contributed by atoms with Gasteiger partial charge in [0.1, 0.15) is 0 Å². The second-order valence-corrected chi connectivity index (χ2v) is 6.76. The van der Waals surface area contributed by atoms with Gasteiger partial charge in [0, 0.05) is 6.20 Å². The van der Waals surface area contributed by atoms with Gasteiger partial charge in [0.15, 0.2) is 11.5 Å². The van der Waals surface area contributed by atoms with E-state index in [0.29, 0.717) is 43.2 Å². The molecule has 0 aliphatic carbocycles. The molecule has 1 saturated heterocycles. The highest BCUT2D eigenvalue weighted by Crippen LogP contribution is 2.42. The summed E-state index contributed by atoms with van der Waals surface area (Å²) in [5.74, 6) is 0.692. The molecular weight excluding hydrogens is 360 g/mol. The Hall–Kier alpha value is -2.80. The zero-order chi connectivity index (χ0) is 20.1. The van der Waals surface area contributed by atoms with Crippen LogP contribution in [0.2, 0.25) is 0 Å². The first-order valence-electron chi connectivity index (χ1n) is 9.26. The van der Waals surface area contributed by atoms with E-state index in [2.05, 4.69) is 9.88 Å². The van der Waals surface area contributed by atoms with Gasteiger partial charge in [-0.05, 0) is 55.8 Å². The molecule has 1 aromatic heterocycles. The molecule has 0 spiro atoms. The molecule has 1 unspecified atom stereocenters. The van der Waals surface area contributed by atoms with Crippen LogP contribution in [0.3, 0.4) is 0 Å². The molecule has 1 aliphatic heterocycles. The number of likely N-dealkylation sites (tertiary alicyclic amines) is 1. The van der Waals surface area contributed by atoms with Gasteiger partial charge in [-0.1, -0.05) is 6.07 Å². The normalized spacial score (nSPS) is 16.4. The molecule has 1 aromatic carbocycles. The van der Waals surface area contributed by atoms with Crippen molar-refractivity contribution in [2.45, 2.75) is 18.9 Å². The van der Waals surface area contributed by atoms with E-state index in [1.807, 2.05) is 30.3 Å². The third-order valence-corrected chi connectivity index (χ3v) is 5.21. The van der Waals surface area contributed by atoms with Crippen LogP contribution in [0.15, 0.2) is 36.5 Å². The topological polar surface area (TPSA) is 81.1 Å². The van der Waals surface area contributed by atoms with E-state index in [-0.39, 0.29) is 12.0 Å². The molecule has 0 amide bonds. The summed E-state index contributed by atoms with van der Waals surface area (Å²) in [6, 6.07) is 9.55. The lowest BCUT2D eigenvalue weighted by atomic mass is 9.92. The fourth-order valence-electron chi connectivity index (χ4n) is 3.77. The van der Waals surface area contributed by atoms with Crippen LogP contribution in [0, 0.1) is 5.92 Å². The monoisotopic (exact) mass is 386 g/mol. The molecule has 1 atom stereocenters. The molecule has 3 rings (SSSR count). The van der Waals surface area contributed by atoms with Crippen molar-refractivity contribution in [1.82, 2.24) is 9.88 Å². The largest absolute Gasteiger partial charge is 0.493 e. The van der Waals surface area contributed by atoms with Crippen molar-refractivity contribution >= 4 is 5.97 Å². The Balaban J connectivity index is 2.02. The maximum Gasteiger partial charge on any atom is 0.306 e. The molecule has 7 heteroatoms. The standard InChI is InChI=1S/C21H26N2O5/c1-26-17-12-15(13-18(27-2)20(17)28-3)19(16-6-4-5-9-22-16)23-10-7-14(8-11-23)21(24)25/h4-6,9,12-14,19H,7-8,10-11H2,1-3H3,(H,24,25). The number of hydrogen-bond donors (Lipinski definition) is 1. The number of carbonyl (C=O) groups is 1. The number of rotatable bonds is 7. The summed E-state index contributed by atoms with van der Waals surface area (Å²) >= 11 is 0. The summed E-state index contributed by atoms with van der Waals surface area (Å²) in [6.07, 6.45) is 3.00. The predicted octanol–water partition coefficient (Wildman–Crippen LogP) is 2.99. The maximum atomic E-state index is 11.3. The number of carboxylic acid groups (broad SMARTS) is 1. The van der Waals surface area contributed by atoms with Gasteiger partial charge in [-0.3, -0.25) is 14.7 Å². The van der Waals surface area contributed by atoms with Crippen LogP contribution in [-0.4, -0.2) is 55.4 Å². The summed E-state index contributed by atoms with van der Waals surface area (Å²) < 4.78 is 16.5. The van der Waals surface area contributed by atoms with Gasteiger partial charge in [-0.25, -0.2) is 0 Å².